The Hall–Kier alpha value is -1.06. The van der Waals surface area contributed by atoms with Crippen LogP contribution in [0.25, 0.3) is 0 Å². The van der Waals surface area contributed by atoms with Crippen molar-refractivity contribution in [3.05, 3.63) is 29.8 Å². The van der Waals surface area contributed by atoms with Crippen LogP contribution < -0.4 is 10.1 Å². The molecule has 0 bridgehead atoms. The number of methoxy groups -OCH3 is 1. The van der Waals surface area contributed by atoms with Crippen LogP contribution in [0.3, 0.4) is 0 Å². The number of nitrogens with one attached hydrogen (secondary N) is 1. The maximum absolute atomic E-state index is 5.35. The van der Waals surface area contributed by atoms with Crippen molar-refractivity contribution in [3.63, 3.8) is 0 Å². The Morgan fingerprint density at radius 3 is 2.86 bits per heavy atom. The highest BCUT2D eigenvalue weighted by atomic mass is 16.5. The molecule has 1 heterocycles. The van der Waals surface area contributed by atoms with E-state index in [9.17, 15) is 0 Å². The summed E-state index contributed by atoms with van der Waals surface area (Å²) in [5, 5.41) is 3.87. The van der Waals surface area contributed by atoms with Crippen molar-refractivity contribution in [2.75, 3.05) is 26.7 Å². The third kappa shape index (κ3) is 3.78. The van der Waals surface area contributed by atoms with Gasteiger partial charge >= 0.3 is 0 Å². The largest absolute Gasteiger partial charge is 0.497 e. The minimum absolute atomic E-state index is 0.383. The quantitative estimate of drug-likeness (QED) is 0.924. The van der Waals surface area contributed by atoms with Crippen molar-refractivity contribution in [1.82, 2.24) is 10.2 Å². The summed E-state index contributed by atoms with van der Waals surface area (Å²) in [5.41, 5.74) is 1.75. The number of ether oxygens (including phenoxy) is 1. The van der Waals surface area contributed by atoms with Gasteiger partial charge in [-0.3, -0.25) is 4.90 Å². The molecule has 0 radical (unpaired) electrons. The zero-order valence-electron chi connectivity index (χ0n) is 13.2. The van der Waals surface area contributed by atoms with Gasteiger partial charge in [0.15, 0.2) is 0 Å². The maximum Gasteiger partial charge on any atom is 0.119 e. The molecule has 1 spiro atoms. The highest BCUT2D eigenvalue weighted by molar-refractivity contribution is 5.28. The van der Waals surface area contributed by atoms with Crippen LogP contribution in [-0.4, -0.2) is 37.2 Å². The average Bonchev–Trinajstić information content (AvgIpc) is 2.70. The SMILES string of the molecule is COc1cccc(CN2CCCNC3(CCCCC3)C2)c1. The van der Waals surface area contributed by atoms with E-state index in [-0.39, 0.29) is 0 Å². The Bertz CT molecular complexity index is 454. The van der Waals surface area contributed by atoms with Crippen LogP contribution in [0.1, 0.15) is 44.1 Å². The zero-order valence-corrected chi connectivity index (χ0v) is 13.2. The Morgan fingerprint density at radius 1 is 1.19 bits per heavy atom. The maximum atomic E-state index is 5.35. The van der Waals surface area contributed by atoms with Gasteiger partial charge in [0, 0.05) is 18.6 Å². The minimum Gasteiger partial charge on any atom is -0.497 e. The summed E-state index contributed by atoms with van der Waals surface area (Å²) in [4.78, 5) is 2.64. The van der Waals surface area contributed by atoms with E-state index in [0.717, 1.165) is 12.3 Å². The van der Waals surface area contributed by atoms with Gasteiger partial charge in [-0.05, 0) is 50.0 Å². The molecule has 1 aromatic rings. The van der Waals surface area contributed by atoms with Gasteiger partial charge in [-0.1, -0.05) is 31.4 Å². The molecule has 0 aromatic heterocycles. The van der Waals surface area contributed by atoms with Crippen molar-refractivity contribution in [3.8, 4) is 5.75 Å². The summed E-state index contributed by atoms with van der Waals surface area (Å²) in [7, 11) is 1.74. The third-order valence-corrected chi connectivity index (χ3v) is 5.03. The molecule has 3 rings (SSSR count). The van der Waals surface area contributed by atoms with Crippen LogP contribution in [0, 0.1) is 0 Å². The molecule has 2 aliphatic rings. The lowest BCUT2D eigenvalue weighted by Crippen LogP contribution is -2.52. The number of benzene rings is 1. The molecule has 1 saturated heterocycles. The standard InChI is InChI=1S/C18H28N2O/c1-21-17-8-5-7-16(13-17)14-20-12-6-11-19-18(15-20)9-3-2-4-10-18/h5,7-8,13,19H,2-4,6,9-12,14-15H2,1H3. The molecule has 1 aliphatic heterocycles. The van der Waals surface area contributed by atoms with E-state index in [2.05, 4.69) is 28.4 Å². The lowest BCUT2D eigenvalue weighted by Gasteiger charge is -2.40. The Labute approximate surface area is 128 Å². The number of nitrogens with zero attached hydrogens (tertiary/aromatic N) is 1. The molecule has 2 fully saturated rings. The molecular formula is C18H28N2O. The molecule has 0 unspecified atom stereocenters. The smallest absolute Gasteiger partial charge is 0.119 e. The third-order valence-electron chi connectivity index (χ3n) is 5.03. The lowest BCUT2D eigenvalue weighted by atomic mass is 9.81. The molecule has 3 heteroatoms. The van der Waals surface area contributed by atoms with Crippen LogP contribution in [-0.2, 0) is 6.54 Å². The first-order chi connectivity index (χ1) is 10.3. The second-order valence-electron chi connectivity index (χ2n) is 6.68. The highest BCUT2D eigenvalue weighted by Crippen LogP contribution is 2.30. The molecule has 0 atom stereocenters. The second-order valence-corrected chi connectivity index (χ2v) is 6.68. The molecule has 0 amide bonds. The van der Waals surface area contributed by atoms with Crippen molar-refractivity contribution < 1.29 is 4.74 Å². The molecule has 1 saturated carbocycles. The van der Waals surface area contributed by atoms with Gasteiger partial charge < -0.3 is 10.1 Å². The Morgan fingerprint density at radius 2 is 2.05 bits per heavy atom. The topological polar surface area (TPSA) is 24.5 Å². The first-order valence-corrected chi connectivity index (χ1v) is 8.40. The van der Waals surface area contributed by atoms with Gasteiger partial charge in [0.05, 0.1) is 7.11 Å². The van der Waals surface area contributed by atoms with E-state index in [4.69, 9.17) is 4.74 Å². The van der Waals surface area contributed by atoms with Crippen LogP contribution >= 0.6 is 0 Å². The van der Waals surface area contributed by atoms with Crippen molar-refractivity contribution in [1.29, 1.82) is 0 Å². The van der Waals surface area contributed by atoms with Gasteiger partial charge in [-0.2, -0.15) is 0 Å². The molecule has 1 aliphatic carbocycles. The summed E-state index contributed by atoms with van der Waals surface area (Å²) >= 11 is 0. The summed E-state index contributed by atoms with van der Waals surface area (Å²) in [6.45, 7) is 4.62. The van der Waals surface area contributed by atoms with Crippen molar-refractivity contribution in [2.45, 2.75) is 50.6 Å². The molecule has 1 aromatic carbocycles. The van der Waals surface area contributed by atoms with Gasteiger partial charge in [-0.15, -0.1) is 0 Å². The van der Waals surface area contributed by atoms with E-state index in [0.29, 0.717) is 5.54 Å². The highest BCUT2D eigenvalue weighted by Gasteiger charge is 2.34. The fourth-order valence-electron chi connectivity index (χ4n) is 3.95. The molecule has 1 N–H and O–H groups in total. The number of hydrogen-bond acceptors (Lipinski definition) is 3. The van der Waals surface area contributed by atoms with E-state index in [1.165, 1.54) is 63.7 Å². The van der Waals surface area contributed by atoms with Crippen LogP contribution in [0.2, 0.25) is 0 Å². The normalized spacial score (nSPS) is 22.9. The second kappa shape index (κ2) is 6.80. The zero-order chi connectivity index (χ0) is 14.5. The van der Waals surface area contributed by atoms with E-state index >= 15 is 0 Å². The van der Waals surface area contributed by atoms with E-state index in [1.54, 1.807) is 7.11 Å². The number of rotatable bonds is 3. The van der Waals surface area contributed by atoms with Gasteiger partial charge in [-0.25, -0.2) is 0 Å². The lowest BCUT2D eigenvalue weighted by molar-refractivity contribution is 0.159. The van der Waals surface area contributed by atoms with Gasteiger partial charge in [0.2, 0.25) is 0 Å². The van der Waals surface area contributed by atoms with Gasteiger partial charge in [0.25, 0.3) is 0 Å². The first kappa shape index (κ1) is 14.9. The van der Waals surface area contributed by atoms with Gasteiger partial charge in [0.1, 0.15) is 5.75 Å². The summed E-state index contributed by atoms with van der Waals surface area (Å²) in [5.74, 6) is 0.966. The van der Waals surface area contributed by atoms with Crippen molar-refractivity contribution in [2.24, 2.45) is 0 Å². The van der Waals surface area contributed by atoms with Crippen LogP contribution in [0.15, 0.2) is 24.3 Å². The Kier molecular flexibility index (Phi) is 4.81. The predicted molar refractivity (Wildman–Crippen MR) is 86.7 cm³/mol. The minimum atomic E-state index is 0.383. The van der Waals surface area contributed by atoms with Crippen molar-refractivity contribution >= 4 is 0 Å². The summed E-state index contributed by atoms with van der Waals surface area (Å²) in [6, 6.07) is 8.51. The first-order valence-electron chi connectivity index (χ1n) is 8.40. The van der Waals surface area contributed by atoms with Crippen LogP contribution in [0.4, 0.5) is 0 Å². The molecule has 3 nitrogen and oxygen atoms in total. The fourth-order valence-corrected chi connectivity index (χ4v) is 3.95. The summed E-state index contributed by atoms with van der Waals surface area (Å²) < 4.78 is 5.35. The van der Waals surface area contributed by atoms with E-state index in [1.807, 2.05) is 6.07 Å². The molecular weight excluding hydrogens is 260 g/mol. The number of hydrogen-bond donors (Lipinski definition) is 1. The fraction of sp³-hybridized carbons (Fsp3) is 0.667. The predicted octanol–water partition coefficient (Wildman–Crippen LogP) is 3.19. The average molecular weight is 288 g/mol. The Balaban J connectivity index is 1.68. The molecule has 116 valence electrons. The summed E-state index contributed by atoms with van der Waals surface area (Å²) in [6.07, 6.45) is 8.15. The monoisotopic (exact) mass is 288 g/mol. The van der Waals surface area contributed by atoms with E-state index < -0.39 is 0 Å². The van der Waals surface area contributed by atoms with Crippen LogP contribution in [0.5, 0.6) is 5.75 Å². The molecule has 21 heavy (non-hydrogen) atoms.